The number of aromatic nitrogens is 2. The second-order valence-electron chi connectivity index (χ2n) is 6.14. The maximum absolute atomic E-state index is 12.2. The number of hydrogen-bond donors (Lipinski definition) is 0. The molecule has 3 rings (SSSR count). The third-order valence-corrected chi connectivity index (χ3v) is 7.63. The van der Waals surface area contributed by atoms with Gasteiger partial charge in [-0.1, -0.05) is 30.4 Å². The van der Waals surface area contributed by atoms with Gasteiger partial charge >= 0.3 is 0 Å². The van der Waals surface area contributed by atoms with Crippen LogP contribution in [0.4, 0.5) is 0 Å². The fourth-order valence-electron chi connectivity index (χ4n) is 3.10. The van der Waals surface area contributed by atoms with E-state index in [1.54, 1.807) is 22.8 Å². The van der Waals surface area contributed by atoms with E-state index in [9.17, 15) is 8.42 Å². The largest absolute Gasteiger partial charge is 0.496 e. The maximum Gasteiger partial charge on any atom is 0.214 e. The van der Waals surface area contributed by atoms with Gasteiger partial charge in [0, 0.05) is 19.0 Å². The van der Waals surface area contributed by atoms with Gasteiger partial charge in [-0.2, -0.15) is 0 Å². The topological polar surface area (TPSA) is 72.4 Å². The first kappa shape index (κ1) is 18.3. The molecule has 1 aliphatic heterocycles. The van der Waals surface area contributed by atoms with Gasteiger partial charge in [0.2, 0.25) is 10.0 Å². The second-order valence-corrected chi connectivity index (χ2v) is 9.23. The highest BCUT2D eigenvalue weighted by atomic mass is 32.2. The van der Waals surface area contributed by atoms with E-state index < -0.39 is 10.0 Å². The highest BCUT2D eigenvalue weighted by Gasteiger charge is 2.29. The fraction of sp³-hybridized carbons (Fsp3) is 0.529. The molecule has 1 fully saturated rings. The lowest BCUT2D eigenvalue weighted by Crippen LogP contribution is -2.39. The van der Waals surface area contributed by atoms with Crippen LogP contribution in [0, 0.1) is 0 Å². The third kappa shape index (κ3) is 4.02. The monoisotopic (exact) mass is 381 g/mol. The van der Waals surface area contributed by atoms with Crippen LogP contribution in [-0.2, 0) is 10.0 Å². The molecule has 0 aliphatic carbocycles. The Labute approximate surface area is 152 Å². The molecule has 0 amide bonds. The third-order valence-electron chi connectivity index (χ3n) is 4.44. The number of benzene rings is 1. The summed E-state index contributed by atoms with van der Waals surface area (Å²) in [6, 6.07) is 7.77. The Morgan fingerprint density at radius 3 is 2.64 bits per heavy atom. The van der Waals surface area contributed by atoms with E-state index in [-0.39, 0.29) is 11.7 Å². The van der Waals surface area contributed by atoms with E-state index in [1.165, 1.54) is 0 Å². The van der Waals surface area contributed by atoms with Crippen LogP contribution in [0.15, 0.2) is 24.3 Å². The summed E-state index contributed by atoms with van der Waals surface area (Å²) in [5, 5.41) is 10.5. The smallest absolute Gasteiger partial charge is 0.214 e. The summed E-state index contributed by atoms with van der Waals surface area (Å²) in [5.74, 6) is 1.29. The molecule has 0 spiro atoms. The van der Waals surface area contributed by atoms with E-state index >= 15 is 0 Å². The van der Waals surface area contributed by atoms with Crippen molar-refractivity contribution in [1.82, 2.24) is 14.5 Å². The van der Waals surface area contributed by atoms with Crippen molar-refractivity contribution in [3.05, 3.63) is 29.3 Å². The van der Waals surface area contributed by atoms with Crippen molar-refractivity contribution in [2.75, 3.05) is 26.0 Å². The van der Waals surface area contributed by atoms with E-state index in [0.29, 0.717) is 19.5 Å². The van der Waals surface area contributed by atoms with E-state index in [4.69, 9.17) is 4.74 Å². The van der Waals surface area contributed by atoms with Gasteiger partial charge in [0.1, 0.15) is 10.8 Å². The minimum absolute atomic E-state index is 0.231. The molecule has 25 heavy (non-hydrogen) atoms. The molecule has 136 valence electrons. The Morgan fingerprint density at radius 2 is 1.96 bits per heavy atom. The molecule has 2 heterocycles. The summed E-state index contributed by atoms with van der Waals surface area (Å²) in [6.45, 7) is 3.03. The first-order valence-electron chi connectivity index (χ1n) is 8.49. The first-order chi connectivity index (χ1) is 12.0. The summed E-state index contributed by atoms with van der Waals surface area (Å²) in [6.07, 6.45) is 2.24. The van der Waals surface area contributed by atoms with Crippen LogP contribution < -0.4 is 4.74 Å². The van der Waals surface area contributed by atoms with Gasteiger partial charge in [0.05, 0.1) is 18.4 Å². The van der Waals surface area contributed by atoms with Gasteiger partial charge in [-0.15, -0.1) is 10.2 Å². The quantitative estimate of drug-likeness (QED) is 0.769. The molecule has 1 aliphatic rings. The van der Waals surface area contributed by atoms with Crippen LogP contribution in [-0.4, -0.2) is 48.9 Å². The zero-order chi connectivity index (χ0) is 17.9. The Kier molecular flexibility index (Phi) is 5.71. The van der Waals surface area contributed by atoms with E-state index in [1.807, 2.05) is 31.2 Å². The summed E-state index contributed by atoms with van der Waals surface area (Å²) < 4.78 is 31.4. The van der Waals surface area contributed by atoms with Crippen LogP contribution in [0.2, 0.25) is 0 Å². The second kappa shape index (κ2) is 7.80. The first-order valence-corrected chi connectivity index (χ1v) is 10.9. The number of rotatable bonds is 6. The molecule has 6 nitrogen and oxygen atoms in total. The summed E-state index contributed by atoms with van der Waals surface area (Å²) in [5.41, 5.74) is 0.941. The summed E-state index contributed by atoms with van der Waals surface area (Å²) in [7, 11) is -1.46. The molecule has 0 atom stereocenters. The maximum atomic E-state index is 12.2. The van der Waals surface area contributed by atoms with Crippen molar-refractivity contribution < 1.29 is 13.2 Å². The zero-order valence-electron chi connectivity index (χ0n) is 14.5. The molecule has 0 saturated carbocycles. The molecule has 1 aromatic heterocycles. The van der Waals surface area contributed by atoms with Gasteiger partial charge in [0.25, 0.3) is 0 Å². The highest BCUT2D eigenvalue weighted by molar-refractivity contribution is 7.89. The molecule has 0 unspecified atom stereocenters. The predicted molar refractivity (Wildman–Crippen MR) is 99.5 cm³/mol. The van der Waals surface area contributed by atoms with E-state index in [0.717, 1.165) is 34.2 Å². The summed E-state index contributed by atoms with van der Waals surface area (Å²) in [4.78, 5) is 0. The lowest BCUT2D eigenvalue weighted by Gasteiger charge is -2.29. The lowest BCUT2D eigenvalue weighted by molar-refractivity contribution is 0.318. The van der Waals surface area contributed by atoms with E-state index in [2.05, 4.69) is 10.2 Å². The minimum atomic E-state index is -3.10. The van der Waals surface area contributed by atoms with Crippen molar-refractivity contribution in [2.24, 2.45) is 0 Å². The van der Waals surface area contributed by atoms with Gasteiger partial charge in [-0.05, 0) is 31.4 Å². The predicted octanol–water partition coefficient (Wildman–Crippen LogP) is 3.13. The molecule has 1 aromatic carbocycles. The number of sulfonamides is 1. The number of nitrogens with zero attached hydrogens (tertiary/aromatic N) is 3. The molecule has 8 heteroatoms. The van der Waals surface area contributed by atoms with Gasteiger partial charge < -0.3 is 4.74 Å². The van der Waals surface area contributed by atoms with Crippen LogP contribution in [0.3, 0.4) is 0 Å². The molecular weight excluding hydrogens is 358 g/mol. The molecule has 0 N–H and O–H groups in total. The SMILES string of the molecule is CCCS(=O)(=O)N1CCC(c2nnc(-c3ccccc3OC)s2)CC1. The Balaban J connectivity index is 1.70. The number of piperidine rings is 1. The van der Waals surface area contributed by atoms with Gasteiger partial charge in [0.15, 0.2) is 5.01 Å². The molecule has 0 bridgehead atoms. The van der Waals surface area contributed by atoms with Crippen molar-refractivity contribution >= 4 is 21.4 Å². The Bertz CT molecular complexity index is 812. The van der Waals surface area contributed by atoms with Crippen molar-refractivity contribution in [2.45, 2.75) is 32.1 Å². The van der Waals surface area contributed by atoms with Gasteiger partial charge in [-0.25, -0.2) is 12.7 Å². The molecule has 2 aromatic rings. The van der Waals surface area contributed by atoms with Crippen LogP contribution in [0.1, 0.15) is 37.1 Å². The molecular formula is C17H23N3O3S2. The van der Waals surface area contributed by atoms with Crippen LogP contribution in [0.5, 0.6) is 5.75 Å². The number of hydrogen-bond acceptors (Lipinski definition) is 6. The number of para-hydroxylation sites is 1. The van der Waals surface area contributed by atoms with Crippen LogP contribution >= 0.6 is 11.3 Å². The lowest BCUT2D eigenvalue weighted by atomic mass is 9.99. The molecule has 0 radical (unpaired) electrons. The zero-order valence-corrected chi connectivity index (χ0v) is 16.1. The summed E-state index contributed by atoms with van der Waals surface area (Å²) >= 11 is 1.57. The minimum Gasteiger partial charge on any atom is -0.496 e. The Hall–Kier alpha value is -1.51. The van der Waals surface area contributed by atoms with Crippen LogP contribution in [0.25, 0.3) is 10.6 Å². The normalized spacial score (nSPS) is 16.9. The average molecular weight is 382 g/mol. The molecule has 1 saturated heterocycles. The average Bonchev–Trinajstić information content (AvgIpc) is 3.11. The van der Waals surface area contributed by atoms with Crippen molar-refractivity contribution in [3.8, 4) is 16.3 Å². The van der Waals surface area contributed by atoms with Crippen molar-refractivity contribution in [1.29, 1.82) is 0 Å². The van der Waals surface area contributed by atoms with Crippen molar-refractivity contribution in [3.63, 3.8) is 0 Å². The number of ether oxygens (including phenoxy) is 1. The standard InChI is InChI=1S/C17H23N3O3S2/c1-3-12-25(21,22)20-10-8-13(9-11-20)16-18-19-17(24-16)14-6-4-5-7-15(14)23-2/h4-7,13H,3,8-12H2,1-2H3. The fourth-order valence-corrected chi connectivity index (χ4v) is 5.68. The van der Waals surface area contributed by atoms with Gasteiger partial charge in [-0.3, -0.25) is 0 Å². The number of methoxy groups -OCH3 is 1. The Morgan fingerprint density at radius 1 is 1.24 bits per heavy atom. The highest BCUT2D eigenvalue weighted by Crippen LogP contribution is 2.36.